The minimum Gasteiger partial charge on any atom is -0.464 e. The Hall–Kier alpha value is -3.41. The van der Waals surface area contributed by atoms with Crippen molar-refractivity contribution in [3.05, 3.63) is 83.1 Å². The number of ether oxygens (including phenoxy) is 1. The summed E-state index contributed by atoms with van der Waals surface area (Å²) in [5.74, 6) is -1.13. The first-order valence-corrected chi connectivity index (χ1v) is 7.66. The molecule has 0 radical (unpaired) electrons. The zero-order chi connectivity index (χ0) is 17.8. The van der Waals surface area contributed by atoms with E-state index in [1.165, 1.54) is 7.11 Å². The molecule has 2 amide bonds. The van der Waals surface area contributed by atoms with Crippen molar-refractivity contribution in [2.24, 2.45) is 0 Å². The molecule has 0 saturated carbocycles. The first-order valence-electron chi connectivity index (χ1n) is 7.66. The minimum absolute atomic E-state index is 0.142. The highest BCUT2D eigenvalue weighted by Crippen LogP contribution is 2.29. The third-order valence-corrected chi connectivity index (χ3v) is 3.88. The second kappa shape index (κ2) is 7.00. The van der Waals surface area contributed by atoms with E-state index in [4.69, 9.17) is 4.74 Å². The highest BCUT2D eigenvalue weighted by Gasteiger charge is 2.36. The van der Waals surface area contributed by atoms with Crippen LogP contribution in [-0.4, -0.2) is 24.9 Å². The fraction of sp³-hybridized carbons (Fsp3) is 0.105. The Morgan fingerprint density at radius 2 is 1.56 bits per heavy atom. The standard InChI is InChI=1S/C19H16N2O4/c1-25-18(23)16-14(17(22)13-10-6-3-7-11-13)15(20-19(24)21-16)12-8-4-2-5-9-12/h2-11,15H,1H3,(H2,20,21,24)/t15-/m1/s1. The van der Waals surface area contributed by atoms with Gasteiger partial charge in [-0.1, -0.05) is 60.7 Å². The van der Waals surface area contributed by atoms with Gasteiger partial charge >= 0.3 is 12.0 Å². The van der Waals surface area contributed by atoms with Gasteiger partial charge < -0.3 is 15.4 Å². The molecule has 0 bridgehead atoms. The number of carbonyl (C=O) groups is 3. The first-order chi connectivity index (χ1) is 12.1. The molecule has 6 heteroatoms. The van der Waals surface area contributed by atoms with Gasteiger partial charge in [0.25, 0.3) is 0 Å². The number of esters is 1. The van der Waals surface area contributed by atoms with Gasteiger partial charge in [-0.05, 0) is 5.56 Å². The number of amides is 2. The molecule has 2 aromatic rings. The summed E-state index contributed by atoms with van der Waals surface area (Å²) < 4.78 is 4.75. The number of benzene rings is 2. The van der Waals surface area contributed by atoms with Gasteiger partial charge in [0.1, 0.15) is 5.70 Å². The van der Waals surface area contributed by atoms with E-state index in [1.54, 1.807) is 54.6 Å². The topological polar surface area (TPSA) is 84.5 Å². The van der Waals surface area contributed by atoms with Gasteiger partial charge in [-0.3, -0.25) is 4.79 Å². The Morgan fingerprint density at radius 3 is 2.16 bits per heavy atom. The first kappa shape index (κ1) is 16.4. The van der Waals surface area contributed by atoms with E-state index in [0.29, 0.717) is 11.1 Å². The number of rotatable bonds is 4. The van der Waals surface area contributed by atoms with Crippen molar-refractivity contribution >= 4 is 17.8 Å². The van der Waals surface area contributed by atoms with Crippen LogP contribution in [-0.2, 0) is 9.53 Å². The maximum absolute atomic E-state index is 13.1. The number of methoxy groups -OCH3 is 1. The van der Waals surface area contributed by atoms with Crippen molar-refractivity contribution in [2.45, 2.75) is 6.04 Å². The van der Waals surface area contributed by atoms with Crippen molar-refractivity contribution in [1.82, 2.24) is 10.6 Å². The molecule has 2 aromatic carbocycles. The van der Waals surface area contributed by atoms with Crippen LogP contribution < -0.4 is 10.6 Å². The normalized spacial score (nSPS) is 16.7. The van der Waals surface area contributed by atoms with Crippen molar-refractivity contribution in [3.63, 3.8) is 0 Å². The fourth-order valence-electron chi connectivity index (χ4n) is 2.71. The molecule has 0 fully saturated rings. The van der Waals surface area contributed by atoms with E-state index < -0.39 is 18.0 Å². The highest BCUT2D eigenvalue weighted by atomic mass is 16.5. The van der Waals surface area contributed by atoms with Crippen LogP contribution in [0.5, 0.6) is 0 Å². The number of urea groups is 1. The van der Waals surface area contributed by atoms with Crippen LogP contribution >= 0.6 is 0 Å². The SMILES string of the molecule is COC(=O)C1=C(C(=O)c2ccccc2)[C@@H](c2ccccc2)NC(=O)N1. The molecule has 6 nitrogen and oxygen atoms in total. The Kier molecular flexibility index (Phi) is 4.61. The Balaban J connectivity index is 2.17. The summed E-state index contributed by atoms with van der Waals surface area (Å²) in [5.41, 5.74) is 1.11. The zero-order valence-electron chi connectivity index (χ0n) is 13.5. The van der Waals surface area contributed by atoms with E-state index >= 15 is 0 Å². The van der Waals surface area contributed by atoms with E-state index in [9.17, 15) is 14.4 Å². The summed E-state index contributed by atoms with van der Waals surface area (Å²) in [4.78, 5) is 37.2. The van der Waals surface area contributed by atoms with Gasteiger partial charge in [-0.2, -0.15) is 0 Å². The number of ketones is 1. The van der Waals surface area contributed by atoms with Crippen LogP contribution in [0, 0.1) is 0 Å². The monoisotopic (exact) mass is 336 g/mol. The largest absolute Gasteiger partial charge is 0.464 e. The molecule has 1 atom stereocenters. The van der Waals surface area contributed by atoms with E-state index in [1.807, 2.05) is 6.07 Å². The lowest BCUT2D eigenvalue weighted by Crippen LogP contribution is -2.47. The van der Waals surface area contributed by atoms with Crippen molar-refractivity contribution in [2.75, 3.05) is 7.11 Å². The Bertz CT molecular complexity index is 844. The van der Waals surface area contributed by atoms with Crippen LogP contribution in [0.3, 0.4) is 0 Å². The molecular weight excluding hydrogens is 320 g/mol. The molecule has 0 spiro atoms. The third kappa shape index (κ3) is 3.28. The summed E-state index contributed by atoms with van der Waals surface area (Å²) in [6.45, 7) is 0. The Labute approximate surface area is 144 Å². The van der Waals surface area contributed by atoms with Crippen LogP contribution in [0.1, 0.15) is 22.0 Å². The van der Waals surface area contributed by atoms with Gasteiger partial charge in [-0.25, -0.2) is 9.59 Å². The molecule has 0 unspecified atom stereocenters. The number of hydrogen-bond acceptors (Lipinski definition) is 4. The van der Waals surface area contributed by atoms with Crippen molar-refractivity contribution < 1.29 is 19.1 Å². The number of nitrogens with one attached hydrogen (secondary N) is 2. The zero-order valence-corrected chi connectivity index (χ0v) is 13.5. The number of hydrogen-bond donors (Lipinski definition) is 2. The molecule has 0 aromatic heterocycles. The minimum atomic E-state index is -0.768. The second-order valence-corrected chi connectivity index (χ2v) is 5.42. The Morgan fingerprint density at radius 1 is 0.960 bits per heavy atom. The van der Waals surface area contributed by atoms with Gasteiger partial charge in [0, 0.05) is 5.56 Å². The maximum atomic E-state index is 13.1. The molecule has 126 valence electrons. The molecule has 0 aliphatic carbocycles. The molecule has 1 heterocycles. The summed E-state index contributed by atoms with van der Waals surface area (Å²) >= 11 is 0. The predicted octanol–water partition coefficient (Wildman–Crippen LogP) is 2.35. The summed E-state index contributed by atoms with van der Waals surface area (Å²) in [5, 5.41) is 5.11. The van der Waals surface area contributed by atoms with E-state index in [2.05, 4.69) is 10.6 Å². The quantitative estimate of drug-likeness (QED) is 0.663. The van der Waals surface area contributed by atoms with Gasteiger partial charge in [-0.15, -0.1) is 0 Å². The average Bonchev–Trinajstić information content (AvgIpc) is 2.67. The summed E-state index contributed by atoms with van der Waals surface area (Å²) in [6, 6.07) is 16.2. The maximum Gasteiger partial charge on any atom is 0.355 e. The summed E-state index contributed by atoms with van der Waals surface area (Å²) in [6.07, 6.45) is 0. The van der Waals surface area contributed by atoms with Crippen molar-refractivity contribution in [3.8, 4) is 0 Å². The van der Waals surface area contributed by atoms with Crippen LogP contribution in [0.25, 0.3) is 0 Å². The molecule has 0 saturated heterocycles. The third-order valence-electron chi connectivity index (χ3n) is 3.88. The molecule has 25 heavy (non-hydrogen) atoms. The molecule has 1 aliphatic rings. The van der Waals surface area contributed by atoms with E-state index in [-0.39, 0.29) is 17.1 Å². The fourth-order valence-corrected chi connectivity index (χ4v) is 2.71. The van der Waals surface area contributed by atoms with Crippen LogP contribution in [0.15, 0.2) is 71.9 Å². The second-order valence-electron chi connectivity index (χ2n) is 5.42. The molecule has 2 N–H and O–H groups in total. The average molecular weight is 336 g/mol. The highest BCUT2D eigenvalue weighted by molar-refractivity contribution is 6.15. The van der Waals surface area contributed by atoms with Crippen LogP contribution in [0.4, 0.5) is 4.79 Å². The van der Waals surface area contributed by atoms with E-state index in [0.717, 1.165) is 0 Å². The molecule has 3 rings (SSSR count). The van der Waals surface area contributed by atoms with Crippen LogP contribution in [0.2, 0.25) is 0 Å². The predicted molar refractivity (Wildman–Crippen MR) is 90.7 cm³/mol. The van der Waals surface area contributed by atoms with Crippen molar-refractivity contribution in [1.29, 1.82) is 0 Å². The van der Waals surface area contributed by atoms with Gasteiger partial charge in [0.15, 0.2) is 5.78 Å². The number of carbonyl (C=O) groups excluding carboxylic acids is 3. The lowest BCUT2D eigenvalue weighted by Gasteiger charge is -2.28. The molecular formula is C19H16N2O4. The lowest BCUT2D eigenvalue weighted by atomic mass is 9.89. The van der Waals surface area contributed by atoms with Gasteiger partial charge in [0.05, 0.1) is 18.7 Å². The summed E-state index contributed by atoms with van der Waals surface area (Å²) in [7, 11) is 1.20. The van der Waals surface area contributed by atoms with Gasteiger partial charge in [0.2, 0.25) is 0 Å². The number of Topliss-reactive ketones (excluding diaryl/α,β-unsaturated/α-hetero) is 1. The lowest BCUT2D eigenvalue weighted by molar-refractivity contribution is -0.136. The smallest absolute Gasteiger partial charge is 0.355 e. The molecule has 1 aliphatic heterocycles.